The number of amides is 3. The summed E-state index contributed by atoms with van der Waals surface area (Å²) in [5, 5.41) is 43.2. The zero-order chi connectivity index (χ0) is 21.3. The quantitative estimate of drug-likeness (QED) is 0.150. The lowest BCUT2D eigenvalue weighted by Crippen LogP contribution is -2.61. The van der Waals surface area contributed by atoms with E-state index in [0.29, 0.717) is 0 Å². The standard InChI is InChI=1S/C14H26N4O8S/c1-5(20)9(15)12(23)18-10(6(2)21)13(24)17-8(4-27)11(22)16-7(3-19)14(25)26/h5-10,19-21,27H,3-4,15H2,1-2H3,(H,16,22)(H,17,24)(H,18,23)(H,25,26). The van der Waals surface area contributed by atoms with Crippen LogP contribution in [0.15, 0.2) is 0 Å². The molecule has 0 fully saturated rings. The highest BCUT2D eigenvalue weighted by atomic mass is 32.1. The summed E-state index contributed by atoms with van der Waals surface area (Å²) in [4.78, 5) is 47.1. The molecule has 0 heterocycles. The molecule has 9 N–H and O–H groups in total. The van der Waals surface area contributed by atoms with Gasteiger partial charge in [-0.1, -0.05) is 0 Å². The van der Waals surface area contributed by atoms with Crippen LogP contribution in [0.1, 0.15) is 13.8 Å². The van der Waals surface area contributed by atoms with Crippen molar-refractivity contribution in [3.63, 3.8) is 0 Å². The maximum atomic E-state index is 12.3. The summed E-state index contributed by atoms with van der Waals surface area (Å²) in [6.07, 6.45) is -2.58. The lowest BCUT2D eigenvalue weighted by atomic mass is 10.1. The Kier molecular flexibility index (Phi) is 10.9. The van der Waals surface area contributed by atoms with Gasteiger partial charge in [0.25, 0.3) is 0 Å². The van der Waals surface area contributed by atoms with Crippen LogP contribution in [0.25, 0.3) is 0 Å². The summed E-state index contributed by atoms with van der Waals surface area (Å²) in [5.41, 5.74) is 5.45. The molecule has 0 aliphatic heterocycles. The van der Waals surface area contributed by atoms with Gasteiger partial charge in [0.05, 0.1) is 18.8 Å². The van der Waals surface area contributed by atoms with Gasteiger partial charge in [0.1, 0.15) is 24.2 Å². The molecule has 12 nitrogen and oxygen atoms in total. The van der Waals surface area contributed by atoms with Gasteiger partial charge in [-0.2, -0.15) is 12.6 Å². The van der Waals surface area contributed by atoms with E-state index < -0.39 is 66.7 Å². The van der Waals surface area contributed by atoms with Crippen molar-refractivity contribution in [1.29, 1.82) is 0 Å². The second-order valence-corrected chi connectivity index (χ2v) is 6.18. The van der Waals surface area contributed by atoms with Crippen LogP contribution in [-0.4, -0.2) is 92.9 Å². The van der Waals surface area contributed by atoms with E-state index >= 15 is 0 Å². The molecular formula is C14H26N4O8S. The highest BCUT2D eigenvalue weighted by molar-refractivity contribution is 7.80. The topological polar surface area (TPSA) is 211 Å². The largest absolute Gasteiger partial charge is 0.480 e. The maximum absolute atomic E-state index is 12.3. The molecule has 0 aromatic rings. The predicted octanol–water partition coefficient (Wildman–Crippen LogP) is -4.46. The molecule has 0 saturated heterocycles. The first-order valence-electron chi connectivity index (χ1n) is 7.93. The highest BCUT2D eigenvalue weighted by Crippen LogP contribution is 1.99. The van der Waals surface area contributed by atoms with Gasteiger partial charge in [-0.15, -0.1) is 0 Å². The minimum absolute atomic E-state index is 0.233. The van der Waals surface area contributed by atoms with Gasteiger partial charge in [0, 0.05) is 5.75 Å². The molecule has 27 heavy (non-hydrogen) atoms. The van der Waals surface area contributed by atoms with Gasteiger partial charge in [-0.3, -0.25) is 14.4 Å². The molecular weight excluding hydrogens is 384 g/mol. The van der Waals surface area contributed by atoms with Gasteiger partial charge >= 0.3 is 5.97 Å². The number of aliphatic hydroxyl groups excluding tert-OH is 3. The smallest absolute Gasteiger partial charge is 0.328 e. The molecule has 0 aliphatic rings. The third kappa shape index (κ3) is 8.09. The molecule has 0 aromatic carbocycles. The number of aliphatic carboxylic acids is 1. The number of hydrogen-bond donors (Lipinski definition) is 9. The van der Waals surface area contributed by atoms with Crippen molar-refractivity contribution in [2.45, 2.75) is 50.2 Å². The number of carbonyl (C=O) groups excluding carboxylic acids is 3. The van der Waals surface area contributed by atoms with Gasteiger partial charge in [0.15, 0.2) is 0 Å². The second-order valence-electron chi connectivity index (χ2n) is 5.82. The van der Waals surface area contributed by atoms with E-state index in [9.17, 15) is 29.4 Å². The molecule has 0 rings (SSSR count). The monoisotopic (exact) mass is 410 g/mol. The summed E-state index contributed by atoms with van der Waals surface area (Å²) in [6, 6.07) is -5.72. The van der Waals surface area contributed by atoms with Crippen molar-refractivity contribution >= 4 is 36.3 Å². The van der Waals surface area contributed by atoms with Crippen molar-refractivity contribution in [2.75, 3.05) is 12.4 Å². The number of nitrogens with one attached hydrogen (secondary N) is 3. The minimum atomic E-state index is -1.58. The molecule has 0 spiro atoms. The summed E-state index contributed by atoms with van der Waals surface area (Å²) < 4.78 is 0. The van der Waals surface area contributed by atoms with Crippen molar-refractivity contribution in [1.82, 2.24) is 16.0 Å². The summed E-state index contributed by atoms with van der Waals surface area (Å²) in [7, 11) is 0. The minimum Gasteiger partial charge on any atom is -0.480 e. The predicted molar refractivity (Wildman–Crippen MR) is 95.7 cm³/mol. The van der Waals surface area contributed by atoms with E-state index in [4.69, 9.17) is 15.9 Å². The summed E-state index contributed by atoms with van der Waals surface area (Å²) in [5.74, 6) is -4.50. The summed E-state index contributed by atoms with van der Waals surface area (Å²) in [6.45, 7) is 1.61. The molecule has 6 unspecified atom stereocenters. The van der Waals surface area contributed by atoms with Crippen LogP contribution in [0.5, 0.6) is 0 Å². The first-order chi connectivity index (χ1) is 12.5. The molecule has 0 radical (unpaired) electrons. The first-order valence-corrected chi connectivity index (χ1v) is 8.56. The van der Waals surface area contributed by atoms with Crippen LogP contribution in [0, 0.1) is 0 Å². The van der Waals surface area contributed by atoms with Crippen LogP contribution >= 0.6 is 12.6 Å². The van der Waals surface area contributed by atoms with Crippen molar-refractivity contribution < 1.29 is 39.6 Å². The molecule has 13 heteroatoms. The number of carboxylic acid groups (broad SMARTS) is 1. The fourth-order valence-electron chi connectivity index (χ4n) is 1.79. The van der Waals surface area contributed by atoms with Crippen LogP contribution in [0.4, 0.5) is 0 Å². The van der Waals surface area contributed by atoms with Crippen molar-refractivity contribution in [3.05, 3.63) is 0 Å². The van der Waals surface area contributed by atoms with Crippen molar-refractivity contribution in [3.8, 4) is 0 Å². The summed E-state index contributed by atoms with van der Waals surface area (Å²) >= 11 is 3.89. The maximum Gasteiger partial charge on any atom is 0.328 e. The van der Waals surface area contributed by atoms with E-state index in [0.717, 1.165) is 0 Å². The molecule has 0 bridgehead atoms. The SMILES string of the molecule is CC(O)C(N)C(=O)NC(C(=O)NC(CS)C(=O)NC(CO)C(=O)O)C(C)O. The molecule has 156 valence electrons. The van der Waals surface area contributed by atoms with E-state index in [1.54, 1.807) is 0 Å². The highest BCUT2D eigenvalue weighted by Gasteiger charge is 2.32. The molecule has 6 atom stereocenters. The van der Waals surface area contributed by atoms with Gasteiger partial charge in [0.2, 0.25) is 17.7 Å². The second kappa shape index (κ2) is 11.7. The number of aliphatic hydroxyl groups is 3. The number of hydrogen-bond acceptors (Lipinski definition) is 9. The molecule has 0 aliphatic carbocycles. The van der Waals surface area contributed by atoms with Crippen LogP contribution < -0.4 is 21.7 Å². The number of rotatable bonds is 11. The number of thiol groups is 1. The fraction of sp³-hybridized carbons (Fsp3) is 0.714. The number of carboxylic acids is 1. The van der Waals surface area contributed by atoms with E-state index in [-0.39, 0.29) is 5.75 Å². The Morgan fingerprint density at radius 3 is 1.81 bits per heavy atom. The lowest BCUT2D eigenvalue weighted by Gasteiger charge is -2.26. The molecule has 0 saturated carbocycles. The van der Waals surface area contributed by atoms with Crippen LogP contribution in [-0.2, 0) is 19.2 Å². The average molecular weight is 410 g/mol. The van der Waals surface area contributed by atoms with Crippen molar-refractivity contribution in [2.24, 2.45) is 5.73 Å². The Balaban J connectivity index is 5.10. The Labute approximate surface area is 160 Å². The normalized spacial score (nSPS) is 17.6. The van der Waals surface area contributed by atoms with Gasteiger partial charge < -0.3 is 42.1 Å². The number of nitrogens with two attached hydrogens (primary N) is 1. The van der Waals surface area contributed by atoms with Crippen LogP contribution in [0.2, 0.25) is 0 Å². The Morgan fingerprint density at radius 1 is 0.926 bits per heavy atom. The number of carbonyl (C=O) groups is 4. The average Bonchev–Trinajstić information content (AvgIpc) is 2.59. The van der Waals surface area contributed by atoms with Gasteiger partial charge in [-0.25, -0.2) is 4.79 Å². The Morgan fingerprint density at radius 2 is 1.44 bits per heavy atom. The third-order valence-corrected chi connectivity index (χ3v) is 3.86. The third-order valence-electron chi connectivity index (χ3n) is 3.50. The van der Waals surface area contributed by atoms with E-state index in [1.165, 1.54) is 13.8 Å². The zero-order valence-corrected chi connectivity index (χ0v) is 15.7. The molecule has 0 aromatic heterocycles. The Hall–Kier alpha value is -1.93. The molecule has 3 amide bonds. The van der Waals surface area contributed by atoms with Gasteiger partial charge in [-0.05, 0) is 13.8 Å². The lowest BCUT2D eigenvalue weighted by molar-refractivity contribution is -0.143. The zero-order valence-electron chi connectivity index (χ0n) is 14.8. The Bertz CT molecular complexity index is 545. The fourth-order valence-corrected chi connectivity index (χ4v) is 2.04. The van der Waals surface area contributed by atoms with E-state index in [2.05, 4.69) is 23.3 Å². The van der Waals surface area contributed by atoms with E-state index in [1.807, 2.05) is 5.32 Å². The van der Waals surface area contributed by atoms with Crippen LogP contribution in [0.3, 0.4) is 0 Å². The first kappa shape index (κ1) is 25.1.